The van der Waals surface area contributed by atoms with Gasteiger partial charge in [-0.1, -0.05) is 25.7 Å². The number of rotatable bonds is 14. The highest BCUT2D eigenvalue weighted by atomic mass is 16.0. The summed E-state index contributed by atoms with van der Waals surface area (Å²) < 4.78 is 0. The Bertz CT molecular complexity index is 186. The van der Waals surface area contributed by atoms with E-state index in [1.54, 1.807) is 0 Å². The number of hydrogen-bond acceptors (Lipinski definition) is 4. The monoisotopic (exact) mass is 362 g/mol. The zero-order valence-corrected chi connectivity index (χ0v) is 18.8. The molecule has 0 radical (unpaired) electrons. The average molecular weight is 363 g/mol. The van der Waals surface area contributed by atoms with Gasteiger partial charge in [-0.2, -0.15) is 0 Å². The Morgan fingerprint density at radius 2 is 0.480 bits per heavy atom. The molecule has 2 N–H and O–H groups in total. The summed E-state index contributed by atoms with van der Waals surface area (Å²) in [6, 6.07) is 0. The average Bonchev–Trinajstić information content (AvgIpc) is 2.46. The fourth-order valence-corrected chi connectivity index (χ4v) is 2.42. The maximum Gasteiger partial charge on any atom is -0.00248 e. The third kappa shape index (κ3) is 35.7. The summed E-state index contributed by atoms with van der Waals surface area (Å²) in [5, 5.41) is 0. The van der Waals surface area contributed by atoms with Crippen LogP contribution in [0.2, 0.25) is 0 Å². The van der Waals surface area contributed by atoms with Crippen LogP contribution in [0.15, 0.2) is 0 Å². The van der Waals surface area contributed by atoms with Crippen molar-refractivity contribution in [3.63, 3.8) is 0 Å². The van der Waals surface area contributed by atoms with Crippen molar-refractivity contribution < 1.29 is 5.48 Å². The van der Waals surface area contributed by atoms with Crippen molar-refractivity contribution in [3.05, 3.63) is 0 Å². The third-order valence-corrected chi connectivity index (χ3v) is 3.92. The van der Waals surface area contributed by atoms with Crippen LogP contribution in [0.4, 0.5) is 0 Å². The quantitative estimate of drug-likeness (QED) is 0.445. The van der Waals surface area contributed by atoms with Crippen LogP contribution in [0.1, 0.15) is 51.4 Å². The lowest BCUT2D eigenvalue weighted by Crippen LogP contribution is -2.14. The Balaban J connectivity index is -0.000000372. The van der Waals surface area contributed by atoms with Crippen LogP contribution in [0.25, 0.3) is 0 Å². The van der Waals surface area contributed by atoms with E-state index in [1.807, 2.05) is 0 Å². The molecule has 0 aromatic rings. The molecule has 0 heterocycles. The molecule has 25 heavy (non-hydrogen) atoms. The van der Waals surface area contributed by atoms with E-state index >= 15 is 0 Å². The first-order valence-electron chi connectivity index (χ1n) is 9.84. The zero-order chi connectivity index (χ0) is 18.8. The second-order valence-corrected chi connectivity index (χ2v) is 8.04. The van der Waals surface area contributed by atoms with E-state index in [9.17, 15) is 0 Å². The smallest absolute Gasteiger partial charge is 0.00248 e. The van der Waals surface area contributed by atoms with Gasteiger partial charge in [0.15, 0.2) is 0 Å². The Kier molecular flexibility index (Phi) is 25.8. The van der Waals surface area contributed by atoms with E-state index < -0.39 is 0 Å². The van der Waals surface area contributed by atoms with Crippen LogP contribution >= 0.6 is 0 Å². The Morgan fingerprint density at radius 3 is 0.600 bits per heavy atom. The lowest BCUT2D eigenvalue weighted by molar-refractivity contribution is 0.370. The first-order chi connectivity index (χ1) is 11.3. The highest BCUT2D eigenvalue weighted by Crippen LogP contribution is 2.01. The summed E-state index contributed by atoms with van der Waals surface area (Å²) in [7, 11) is 17.1. The van der Waals surface area contributed by atoms with E-state index in [0.717, 1.165) is 0 Å². The Hall–Kier alpha value is -0.200. The van der Waals surface area contributed by atoms with Crippen LogP contribution in [-0.4, -0.2) is 108 Å². The van der Waals surface area contributed by atoms with Gasteiger partial charge in [-0.05, 0) is 108 Å². The van der Waals surface area contributed by atoms with Crippen molar-refractivity contribution >= 4 is 0 Å². The predicted molar refractivity (Wildman–Crippen MR) is 115 cm³/mol. The molecular weight excluding hydrogens is 312 g/mol. The second-order valence-electron chi connectivity index (χ2n) is 8.04. The van der Waals surface area contributed by atoms with Gasteiger partial charge in [0.1, 0.15) is 0 Å². The Morgan fingerprint density at radius 1 is 0.320 bits per heavy atom. The molecule has 0 saturated heterocycles. The number of unbranched alkanes of at least 4 members (excludes halogenated alkanes) is 6. The standard InChI is InChI=1S/2C10H24N2.H2O/c2*1-11(2)9-7-5-6-8-10-12(3)4;/h2*5-10H2,1-4H3;1H2. The fourth-order valence-electron chi connectivity index (χ4n) is 2.42. The maximum absolute atomic E-state index is 2.26. The van der Waals surface area contributed by atoms with Crippen molar-refractivity contribution in [2.24, 2.45) is 0 Å². The summed E-state index contributed by atoms with van der Waals surface area (Å²) in [4.78, 5) is 9.02. The third-order valence-electron chi connectivity index (χ3n) is 3.92. The molecule has 156 valence electrons. The van der Waals surface area contributed by atoms with Crippen LogP contribution in [0.3, 0.4) is 0 Å². The van der Waals surface area contributed by atoms with Crippen LogP contribution < -0.4 is 0 Å². The van der Waals surface area contributed by atoms with Crippen molar-refractivity contribution in [2.45, 2.75) is 51.4 Å². The van der Waals surface area contributed by atoms with Gasteiger partial charge in [0.25, 0.3) is 0 Å². The summed E-state index contributed by atoms with van der Waals surface area (Å²) >= 11 is 0. The first-order valence-corrected chi connectivity index (χ1v) is 9.84. The first kappa shape index (κ1) is 29.6. The fraction of sp³-hybridized carbons (Fsp3) is 1.00. The zero-order valence-electron chi connectivity index (χ0n) is 18.8. The molecule has 0 aromatic carbocycles. The molecule has 0 rings (SSSR count). The van der Waals surface area contributed by atoms with Gasteiger partial charge in [-0.15, -0.1) is 0 Å². The molecule has 0 atom stereocenters. The minimum atomic E-state index is 0. The van der Waals surface area contributed by atoms with E-state index in [1.165, 1.54) is 77.5 Å². The summed E-state index contributed by atoms with van der Waals surface area (Å²) in [5.41, 5.74) is 0. The van der Waals surface area contributed by atoms with E-state index in [-0.39, 0.29) is 5.48 Å². The molecule has 0 aliphatic heterocycles. The maximum atomic E-state index is 2.26. The van der Waals surface area contributed by atoms with Gasteiger partial charge in [0.05, 0.1) is 0 Å². The molecule has 0 saturated carbocycles. The van der Waals surface area contributed by atoms with Gasteiger partial charge in [0, 0.05) is 0 Å². The lowest BCUT2D eigenvalue weighted by Gasteiger charge is -2.10. The molecule has 5 heteroatoms. The van der Waals surface area contributed by atoms with Crippen LogP contribution in [-0.2, 0) is 0 Å². The molecule has 0 aliphatic carbocycles. The molecule has 5 nitrogen and oxygen atoms in total. The SMILES string of the molecule is CN(C)CCCCCCN(C)C.CN(C)CCCCCCN(C)C.O. The number of hydrogen-bond donors (Lipinski definition) is 0. The summed E-state index contributed by atoms with van der Waals surface area (Å²) in [6.45, 7) is 4.95. The molecule has 0 aromatic heterocycles. The number of nitrogens with zero attached hydrogens (tertiary/aromatic N) is 4. The van der Waals surface area contributed by atoms with Gasteiger partial charge < -0.3 is 25.1 Å². The van der Waals surface area contributed by atoms with Crippen molar-refractivity contribution in [2.75, 3.05) is 82.6 Å². The lowest BCUT2D eigenvalue weighted by atomic mass is 10.2. The van der Waals surface area contributed by atoms with E-state index in [4.69, 9.17) is 0 Å². The van der Waals surface area contributed by atoms with Gasteiger partial charge in [-0.3, -0.25) is 0 Å². The van der Waals surface area contributed by atoms with E-state index in [2.05, 4.69) is 76.0 Å². The largest absolute Gasteiger partial charge is 0.412 e. The molecule has 0 amide bonds. The molecule has 0 spiro atoms. The molecule has 0 aliphatic rings. The summed E-state index contributed by atoms with van der Waals surface area (Å²) in [5.74, 6) is 0. The normalized spacial score (nSPS) is 11.0. The highest BCUT2D eigenvalue weighted by molar-refractivity contribution is 4.50. The summed E-state index contributed by atoms with van der Waals surface area (Å²) in [6.07, 6.45) is 10.9. The minimum Gasteiger partial charge on any atom is -0.412 e. The topological polar surface area (TPSA) is 44.5 Å². The Labute approximate surface area is 159 Å². The van der Waals surface area contributed by atoms with Crippen molar-refractivity contribution in [1.82, 2.24) is 19.6 Å². The predicted octanol–water partition coefficient (Wildman–Crippen LogP) is 2.52. The van der Waals surface area contributed by atoms with Gasteiger partial charge >= 0.3 is 0 Å². The van der Waals surface area contributed by atoms with Crippen LogP contribution in [0, 0.1) is 0 Å². The highest BCUT2D eigenvalue weighted by Gasteiger charge is 1.94. The minimum absolute atomic E-state index is 0. The van der Waals surface area contributed by atoms with Crippen molar-refractivity contribution in [1.29, 1.82) is 0 Å². The molecule has 0 unspecified atom stereocenters. The van der Waals surface area contributed by atoms with E-state index in [0.29, 0.717) is 0 Å². The van der Waals surface area contributed by atoms with Crippen LogP contribution in [0.5, 0.6) is 0 Å². The molecule has 0 fully saturated rings. The molecule has 0 bridgehead atoms. The van der Waals surface area contributed by atoms with Crippen molar-refractivity contribution in [3.8, 4) is 0 Å². The van der Waals surface area contributed by atoms with Gasteiger partial charge in [-0.25, -0.2) is 0 Å². The van der Waals surface area contributed by atoms with Gasteiger partial charge in [0.2, 0.25) is 0 Å². The second kappa shape index (κ2) is 21.8. The molecular formula is C20H50N4O.